The molecule has 18 heavy (non-hydrogen) atoms. The highest BCUT2D eigenvalue weighted by Crippen LogP contribution is 2.60. The molecule has 0 amide bonds. The van der Waals surface area contributed by atoms with E-state index in [9.17, 15) is 0 Å². The van der Waals surface area contributed by atoms with Gasteiger partial charge in [0, 0.05) is 16.7 Å². The zero-order chi connectivity index (χ0) is 13.4. The molecule has 2 atom stereocenters. The highest BCUT2D eigenvalue weighted by Gasteiger charge is 2.59. The van der Waals surface area contributed by atoms with E-state index in [0.717, 1.165) is 0 Å². The summed E-state index contributed by atoms with van der Waals surface area (Å²) in [4.78, 5) is 0. The fourth-order valence-electron chi connectivity index (χ4n) is 4.37. The van der Waals surface area contributed by atoms with E-state index in [-0.39, 0.29) is 5.54 Å². The lowest BCUT2D eigenvalue weighted by molar-refractivity contribution is 0.154. The van der Waals surface area contributed by atoms with Crippen molar-refractivity contribution in [3.8, 4) is 0 Å². The molecule has 0 saturated heterocycles. The highest BCUT2D eigenvalue weighted by atomic mass is 15.1. The number of fused-ring (bicyclic) bond motifs is 1. The maximum Gasteiger partial charge on any atom is 0.0445 e. The van der Waals surface area contributed by atoms with Gasteiger partial charge in [-0.3, -0.25) is 0 Å². The van der Waals surface area contributed by atoms with Crippen molar-refractivity contribution in [2.45, 2.75) is 59.4 Å². The normalized spacial score (nSPS) is 36.1. The average molecular weight is 245 g/mol. The number of rotatable bonds is 3. The summed E-state index contributed by atoms with van der Waals surface area (Å²) in [7, 11) is 0. The van der Waals surface area contributed by atoms with Crippen molar-refractivity contribution >= 4 is 0 Å². The lowest BCUT2D eigenvalue weighted by Gasteiger charge is -2.43. The minimum atomic E-state index is 0.241. The third-order valence-electron chi connectivity index (χ3n) is 5.07. The van der Waals surface area contributed by atoms with E-state index >= 15 is 0 Å². The molecule has 1 N–H and O–H groups in total. The summed E-state index contributed by atoms with van der Waals surface area (Å²) >= 11 is 0. The predicted molar refractivity (Wildman–Crippen MR) is 79.3 cm³/mol. The summed E-state index contributed by atoms with van der Waals surface area (Å²) in [5.74, 6) is 0.673. The van der Waals surface area contributed by atoms with Crippen molar-refractivity contribution in [2.24, 2.45) is 11.3 Å². The number of nitrogens with one attached hydrogen (secondary N) is 1. The Bertz CT molecular complexity index is 413. The lowest BCUT2D eigenvalue weighted by atomic mass is 9.63. The van der Waals surface area contributed by atoms with Crippen LogP contribution in [0.25, 0.3) is 0 Å². The molecule has 0 aromatic heterocycles. The maximum atomic E-state index is 3.83. The second kappa shape index (κ2) is 4.60. The Morgan fingerprint density at radius 1 is 1.11 bits per heavy atom. The molecule has 2 rings (SSSR count). The first kappa shape index (κ1) is 13.5. The highest BCUT2D eigenvalue weighted by molar-refractivity contribution is 5.47. The Labute approximate surface area is 112 Å². The smallest absolute Gasteiger partial charge is 0.0445 e. The fraction of sp³-hybridized carbons (Fsp3) is 0.647. The van der Waals surface area contributed by atoms with Gasteiger partial charge in [0.2, 0.25) is 0 Å². The zero-order valence-electron chi connectivity index (χ0n) is 12.5. The first-order valence-electron chi connectivity index (χ1n) is 7.30. The van der Waals surface area contributed by atoms with Crippen LogP contribution in [0.1, 0.15) is 53.9 Å². The monoisotopic (exact) mass is 245 g/mol. The van der Waals surface area contributed by atoms with Gasteiger partial charge >= 0.3 is 0 Å². The van der Waals surface area contributed by atoms with Gasteiger partial charge in [-0.1, -0.05) is 38.5 Å². The molecule has 0 bridgehead atoms. The fourth-order valence-corrected chi connectivity index (χ4v) is 4.37. The molecule has 0 radical (unpaired) electrons. The number of hydrogen-bond donors (Lipinski definition) is 1. The van der Waals surface area contributed by atoms with Gasteiger partial charge < -0.3 is 5.32 Å². The largest absolute Gasteiger partial charge is 0.379 e. The van der Waals surface area contributed by atoms with Crippen molar-refractivity contribution in [3.05, 3.63) is 35.6 Å². The number of allylic oxidation sites excluding steroid dienone is 4. The number of hydrogen-bond acceptors (Lipinski definition) is 1. The maximum absolute atomic E-state index is 3.83. The molecule has 1 nitrogen and oxygen atoms in total. The van der Waals surface area contributed by atoms with Crippen LogP contribution in [0, 0.1) is 11.3 Å². The van der Waals surface area contributed by atoms with Crippen LogP contribution in [0.5, 0.6) is 0 Å². The van der Waals surface area contributed by atoms with Crippen LogP contribution in [0.3, 0.4) is 0 Å². The molecule has 1 aliphatic heterocycles. The van der Waals surface area contributed by atoms with Gasteiger partial charge in [0.1, 0.15) is 0 Å². The van der Waals surface area contributed by atoms with Crippen LogP contribution in [0.4, 0.5) is 0 Å². The van der Waals surface area contributed by atoms with Gasteiger partial charge in [-0.05, 0) is 51.2 Å². The van der Waals surface area contributed by atoms with Gasteiger partial charge in [0.05, 0.1) is 0 Å². The minimum Gasteiger partial charge on any atom is -0.379 e. The predicted octanol–water partition coefficient (Wildman–Crippen LogP) is 4.58. The molecular formula is C17H27N. The third-order valence-corrected chi connectivity index (χ3v) is 5.07. The topological polar surface area (TPSA) is 12.0 Å². The van der Waals surface area contributed by atoms with E-state index in [1.807, 2.05) is 0 Å². The lowest BCUT2D eigenvalue weighted by Crippen LogP contribution is -2.49. The minimum absolute atomic E-state index is 0.241. The van der Waals surface area contributed by atoms with Crippen LogP contribution in [-0.2, 0) is 0 Å². The van der Waals surface area contributed by atoms with Gasteiger partial charge in [-0.2, -0.15) is 0 Å². The van der Waals surface area contributed by atoms with Crippen molar-refractivity contribution in [3.63, 3.8) is 0 Å². The van der Waals surface area contributed by atoms with Crippen LogP contribution >= 0.6 is 0 Å². The molecule has 1 saturated carbocycles. The Morgan fingerprint density at radius 2 is 1.78 bits per heavy atom. The molecule has 0 aromatic rings. The molecule has 100 valence electrons. The average Bonchev–Trinajstić information content (AvgIpc) is 2.73. The van der Waals surface area contributed by atoms with E-state index in [0.29, 0.717) is 11.3 Å². The molecule has 0 aromatic carbocycles. The molecule has 0 unspecified atom stereocenters. The van der Waals surface area contributed by atoms with Crippen molar-refractivity contribution in [1.82, 2.24) is 5.32 Å². The van der Waals surface area contributed by atoms with Crippen molar-refractivity contribution in [1.29, 1.82) is 0 Å². The van der Waals surface area contributed by atoms with Crippen LogP contribution < -0.4 is 5.32 Å². The second-order valence-electron chi connectivity index (χ2n) is 6.26. The summed E-state index contributed by atoms with van der Waals surface area (Å²) in [5.41, 5.74) is 3.42. The van der Waals surface area contributed by atoms with Crippen molar-refractivity contribution in [2.75, 3.05) is 0 Å². The third kappa shape index (κ3) is 1.60. The molecule has 1 heterocycles. The van der Waals surface area contributed by atoms with Crippen LogP contribution in [-0.4, -0.2) is 5.54 Å². The Balaban J connectivity index is 2.60. The van der Waals surface area contributed by atoms with Gasteiger partial charge in [-0.15, -0.1) is 0 Å². The van der Waals surface area contributed by atoms with Gasteiger partial charge in [0.25, 0.3) is 0 Å². The molecule has 1 fully saturated rings. The Hall–Kier alpha value is -0.980. The summed E-state index contributed by atoms with van der Waals surface area (Å²) in [6, 6.07) is 0. The quantitative estimate of drug-likeness (QED) is 0.767. The Kier molecular flexibility index (Phi) is 3.44. The molecular weight excluding hydrogens is 218 g/mol. The van der Waals surface area contributed by atoms with Crippen molar-refractivity contribution < 1.29 is 0 Å². The molecule has 1 heteroatoms. The van der Waals surface area contributed by atoms with Gasteiger partial charge in [-0.25, -0.2) is 0 Å². The molecule has 1 aliphatic carbocycles. The van der Waals surface area contributed by atoms with E-state index in [1.165, 1.54) is 30.5 Å². The summed E-state index contributed by atoms with van der Waals surface area (Å²) in [5, 5.41) is 3.83. The summed E-state index contributed by atoms with van der Waals surface area (Å²) < 4.78 is 0. The summed E-state index contributed by atoms with van der Waals surface area (Å²) in [6.45, 7) is 11.4. The van der Waals surface area contributed by atoms with E-state index < -0.39 is 0 Å². The molecule has 0 spiro atoms. The second-order valence-corrected chi connectivity index (χ2v) is 6.26. The standard InChI is InChI=1S/C17H27N/c1-6-9-14-15(10-7-2)18-16(5)11-8-12-17(14,16)13(3)4/h6-7,9-10,13,18H,8,11-12H2,1-5H3/b9-6-,10-7-/t16-,17+/m1/s1. The van der Waals surface area contributed by atoms with E-state index in [4.69, 9.17) is 0 Å². The Morgan fingerprint density at radius 3 is 2.33 bits per heavy atom. The first-order chi connectivity index (χ1) is 8.52. The molecule has 2 aliphatic rings. The van der Waals surface area contributed by atoms with Crippen LogP contribution in [0.2, 0.25) is 0 Å². The van der Waals surface area contributed by atoms with E-state index in [1.54, 1.807) is 0 Å². The van der Waals surface area contributed by atoms with Crippen LogP contribution in [0.15, 0.2) is 35.6 Å². The SMILES string of the molecule is C/C=C\C1=C(/C=C\C)[C@@]2(C(C)C)CCC[C@@]2(C)N1. The first-order valence-corrected chi connectivity index (χ1v) is 7.30. The van der Waals surface area contributed by atoms with Gasteiger partial charge in [0.15, 0.2) is 0 Å². The zero-order valence-corrected chi connectivity index (χ0v) is 12.5. The summed E-state index contributed by atoms with van der Waals surface area (Å²) in [6.07, 6.45) is 12.8. The van der Waals surface area contributed by atoms with E-state index in [2.05, 4.69) is 64.2 Å².